The molecule has 0 saturated carbocycles. The molecule has 1 aliphatic rings. The summed E-state index contributed by atoms with van der Waals surface area (Å²) in [7, 11) is 0. The maximum atomic E-state index is 13.8. The Labute approximate surface area is 198 Å². The van der Waals surface area contributed by atoms with E-state index in [1.54, 1.807) is 23.1 Å². The molecule has 0 atom stereocenters. The lowest BCUT2D eigenvalue weighted by Crippen LogP contribution is -2.50. The lowest BCUT2D eigenvalue weighted by Gasteiger charge is -2.36. The van der Waals surface area contributed by atoms with E-state index in [-0.39, 0.29) is 24.2 Å². The van der Waals surface area contributed by atoms with Gasteiger partial charge in [-0.3, -0.25) is 4.79 Å². The number of rotatable bonds is 7. The molecule has 8 heteroatoms. The van der Waals surface area contributed by atoms with Crippen LogP contribution in [0.25, 0.3) is 0 Å². The fourth-order valence-electron chi connectivity index (χ4n) is 3.80. The minimum absolute atomic E-state index is 0.0989. The van der Waals surface area contributed by atoms with Crippen LogP contribution in [0.2, 0.25) is 0 Å². The molecular formula is C26H28FN5O2. The van der Waals surface area contributed by atoms with Crippen molar-refractivity contribution in [2.75, 3.05) is 48.3 Å². The van der Waals surface area contributed by atoms with Gasteiger partial charge in [0.1, 0.15) is 5.82 Å². The van der Waals surface area contributed by atoms with E-state index in [0.717, 1.165) is 16.9 Å². The number of halogens is 1. The van der Waals surface area contributed by atoms with Gasteiger partial charge in [-0.2, -0.15) is 0 Å². The van der Waals surface area contributed by atoms with E-state index in [0.29, 0.717) is 32.7 Å². The largest absolute Gasteiger partial charge is 0.368 e. The van der Waals surface area contributed by atoms with Crippen LogP contribution in [0.15, 0.2) is 78.9 Å². The minimum Gasteiger partial charge on any atom is -0.368 e. The van der Waals surface area contributed by atoms with Crippen LogP contribution in [0.3, 0.4) is 0 Å². The van der Waals surface area contributed by atoms with E-state index >= 15 is 0 Å². The molecule has 0 aliphatic carbocycles. The van der Waals surface area contributed by atoms with Gasteiger partial charge in [-0.1, -0.05) is 42.5 Å². The number of para-hydroxylation sites is 1. The van der Waals surface area contributed by atoms with Crippen molar-refractivity contribution >= 4 is 29.0 Å². The van der Waals surface area contributed by atoms with Crippen LogP contribution in [0.5, 0.6) is 0 Å². The molecule has 0 aromatic heterocycles. The first-order valence-electron chi connectivity index (χ1n) is 11.3. The number of carbonyl (C=O) groups excluding carboxylic acids is 2. The Bertz CT molecular complexity index is 1100. The highest BCUT2D eigenvalue weighted by Gasteiger charge is 2.22. The van der Waals surface area contributed by atoms with Gasteiger partial charge in [0.2, 0.25) is 5.91 Å². The fourth-order valence-corrected chi connectivity index (χ4v) is 3.80. The third-order valence-corrected chi connectivity index (χ3v) is 5.66. The van der Waals surface area contributed by atoms with Crippen molar-refractivity contribution in [1.82, 2.24) is 10.2 Å². The van der Waals surface area contributed by atoms with Gasteiger partial charge in [0, 0.05) is 44.1 Å². The second kappa shape index (κ2) is 11.3. The summed E-state index contributed by atoms with van der Waals surface area (Å²) in [5, 5.41) is 8.67. The third-order valence-electron chi connectivity index (χ3n) is 5.66. The molecule has 176 valence electrons. The predicted octanol–water partition coefficient (Wildman–Crippen LogP) is 3.91. The summed E-state index contributed by atoms with van der Waals surface area (Å²) in [6.45, 7) is 3.27. The zero-order valence-corrected chi connectivity index (χ0v) is 18.8. The number of amides is 3. The standard InChI is InChI=1S/C26H28FN5O2/c27-23-8-4-5-9-24(23)30-26(34)32-16-14-31(15-17-32)22-12-10-21(11-13-22)29-25(33)19-28-18-20-6-2-1-3-7-20/h1-13,28H,14-19H2,(H,29,33)(H,30,34). The molecule has 0 unspecified atom stereocenters. The number of benzene rings is 3. The molecule has 1 fully saturated rings. The molecule has 3 N–H and O–H groups in total. The summed E-state index contributed by atoms with van der Waals surface area (Å²) < 4.78 is 13.8. The number of anilines is 3. The van der Waals surface area contributed by atoms with E-state index in [1.165, 1.54) is 6.07 Å². The number of urea groups is 1. The number of nitrogens with one attached hydrogen (secondary N) is 3. The lowest BCUT2D eigenvalue weighted by molar-refractivity contribution is -0.115. The molecule has 34 heavy (non-hydrogen) atoms. The van der Waals surface area contributed by atoms with E-state index in [1.807, 2.05) is 54.6 Å². The first kappa shape index (κ1) is 23.3. The molecule has 1 saturated heterocycles. The summed E-state index contributed by atoms with van der Waals surface area (Å²) in [5.41, 5.74) is 3.07. The summed E-state index contributed by atoms with van der Waals surface area (Å²) >= 11 is 0. The molecule has 3 aromatic rings. The summed E-state index contributed by atoms with van der Waals surface area (Å²) in [4.78, 5) is 28.5. The van der Waals surface area contributed by atoms with E-state index in [2.05, 4.69) is 20.9 Å². The van der Waals surface area contributed by atoms with Crippen LogP contribution >= 0.6 is 0 Å². The molecule has 7 nitrogen and oxygen atoms in total. The van der Waals surface area contributed by atoms with Gasteiger partial charge < -0.3 is 25.8 Å². The molecule has 1 aliphatic heterocycles. The van der Waals surface area contributed by atoms with Crippen LogP contribution in [0.4, 0.5) is 26.2 Å². The molecule has 1 heterocycles. The zero-order chi connectivity index (χ0) is 23.8. The van der Waals surface area contributed by atoms with Gasteiger partial charge in [-0.05, 0) is 42.0 Å². The zero-order valence-electron chi connectivity index (χ0n) is 18.8. The lowest BCUT2D eigenvalue weighted by atomic mass is 10.2. The molecular weight excluding hydrogens is 433 g/mol. The smallest absolute Gasteiger partial charge is 0.322 e. The Morgan fingerprint density at radius 1 is 0.794 bits per heavy atom. The van der Waals surface area contributed by atoms with Gasteiger partial charge in [0.15, 0.2) is 0 Å². The van der Waals surface area contributed by atoms with Gasteiger partial charge >= 0.3 is 6.03 Å². The highest BCUT2D eigenvalue weighted by molar-refractivity contribution is 5.92. The van der Waals surface area contributed by atoms with Crippen LogP contribution in [0, 0.1) is 5.82 Å². The summed E-state index contributed by atoms with van der Waals surface area (Å²) in [5.74, 6) is -0.549. The third kappa shape index (κ3) is 6.32. The molecule has 3 amide bonds. The number of hydrogen-bond acceptors (Lipinski definition) is 4. The first-order valence-corrected chi connectivity index (χ1v) is 11.3. The molecule has 0 spiro atoms. The monoisotopic (exact) mass is 461 g/mol. The Balaban J connectivity index is 1.21. The maximum Gasteiger partial charge on any atom is 0.322 e. The van der Waals surface area contributed by atoms with Crippen molar-refractivity contribution in [1.29, 1.82) is 0 Å². The van der Waals surface area contributed by atoms with Gasteiger partial charge in [-0.25, -0.2) is 9.18 Å². The van der Waals surface area contributed by atoms with E-state index in [9.17, 15) is 14.0 Å². The van der Waals surface area contributed by atoms with Crippen LogP contribution in [0.1, 0.15) is 5.56 Å². The fraction of sp³-hybridized carbons (Fsp3) is 0.231. The Kier molecular flexibility index (Phi) is 7.72. The SMILES string of the molecule is O=C(CNCc1ccccc1)Nc1ccc(N2CCN(C(=O)Nc3ccccc3F)CC2)cc1. The van der Waals surface area contributed by atoms with Crippen molar-refractivity contribution in [3.8, 4) is 0 Å². The number of nitrogens with zero attached hydrogens (tertiary/aromatic N) is 2. The molecule has 3 aromatic carbocycles. The van der Waals surface area contributed by atoms with Crippen molar-refractivity contribution in [2.24, 2.45) is 0 Å². The average molecular weight is 462 g/mol. The van der Waals surface area contributed by atoms with Crippen molar-refractivity contribution in [3.05, 3.63) is 90.2 Å². The number of carbonyl (C=O) groups is 2. The number of piperazine rings is 1. The normalized spacial score (nSPS) is 13.4. The second-order valence-electron chi connectivity index (χ2n) is 8.07. The van der Waals surface area contributed by atoms with Gasteiger partial charge in [-0.15, -0.1) is 0 Å². The molecule has 4 rings (SSSR count). The quantitative estimate of drug-likeness (QED) is 0.499. The van der Waals surface area contributed by atoms with E-state index in [4.69, 9.17) is 0 Å². The van der Waals surface area contributed by atoms with Crippen molar-refractivity contribution in [3.63, 3.8) is 0 Å². The van der Waals surface area contributed by atoms with Gasteiger partial charge in [0.05, 0.1) is 12.2 Å². The average Bonchev–Trinajstić information content (AvgIpc) is 2.87. The second-order valence-corrected chi connectivity index (χ2v) is 8.07. The molecule has 0 radical (unpaired) electrons. The molecule has 0 bridgehead atoms. The first-order chi connectivity index (χ1) is 16.6. The summed E-state index contributed by atoms with van der Waals surface area (Å²) in [6.07, 6.45) is 0. The Hall–Kier alpha value is -3.91. The highest BCUT2D eigenvalue weighted by Crippen LogP contribution is 2.20. The summed E-state index contributed by atoms with van der Waals surface area (Å²) in [6, 6.07) is 23.4. The minimum atomic E-state index is -0.450. The Morgan fingerprint density at radius 3 is 2.18 bits per heavy atom. The van der Waals surface area contributed by atoms with Crippen LogP contribution in [-0.4, -0.2) is 49.6 Å². The van der Waals surface area contributed by atoms with Gasteiger partial charge in [0.25, 0.3) is 0 Å². The maximum absolute atomic E-state index is 13.8. The topological polar surface area (TPSA) is 76.7 Å². The highest BCUT2D eigenvalue weighted by atomic mass is 19.1. The van der Waals surface area contributed by atoms with E-state index < -0.39 is 5.82 Å². The van der Waals surface area contributed by atoms with Crippen LogP contribution < -0.4 is 20.9 Å². The Morgan fingerprint density at radius 2 is 1.47 bits per heavy atom. The van der Waals surface area contributed by atoms with Crippen molar-refractivity contribution in [2.45, 2.75) is 6.54 Å². The van der Waals surface area contributed by atoms with Crippen molar-refractivity contribution < 1.29 is 14.0 Å². The van der Waals surface area contributed by atoms with Crippen LogP contribution in [-0.2, 0) is 11.3 Å². The predicted molar refractivity (Wildman–Crippen MR) is 132 cm³/mol. The number of hydrogen-bond donors (Lipinski definition) is 3.